The van der Waals surface area contributed by atoms with Crippen molar-refractivity contribution in [3.05, 3.63) is 63.8 Å². The highest BCUT2D eigenvalue weighted by atomic mass is 19.4. The molecule has 1 fully saturated rings. The minimum absolute atomic E-state index is 0.0983. The van der Waals surface area contributed by atoms with Gasteiger partial charge in [0.15, 0.2) is 0 Å². The molecule has 8 heteroatoms. The Morgan fingerprint density at radius 2 is 1.87 bits per heavy atom. The summed E-state index contributed by atoms with van der Waals surface area (Å²) in [5.41, 5.74) is -0.0212. The van der Waals surface area contributed by atoms with Crippen LogP contribution in [0.5, 0.6) is 0 Å². The second-order valence-electron chi connectivity index (χ2n) is 8.51. The molecule has 0 unspecified atom stereocenters. The van der Waals surface area contributed by atoms with Crippen molar-refractivity contribution in [1.29, 1.82) is 0 Å². The highest BCUT2D eigenvalue weighted by Gasteiger charge is 2.31. The van der Waals surface area contributed by atoms with Crippen LogP contribution in [0.2, 0.25) is 0 Å². The van der Waals surface area contributed by atoms with Crippen LogP contribution in [-0.4, -0.2) is 14.5 Å². The predicted molar refractivity (Wildman–Crippen MR) is 114 cm³/mol. The molecule has 0 aliphatic heterocycles. The van der Waals surface area contributed by atoms with Crippen molar-refractivity contribution in [3.8, 4) is 0 Å². The van der Waals surface area contributed by atoms with Crippen LogP contribution in [0, 0.1) is 6.92 Å². The number of rotatable bonds is 4. The molecule has 1 aliphatic rings. The fourth-order valence-electron chi connectivity index (χ4n) is 4.37. The van der Waals surface area contributed by atoms with Gasteiger partial charge in [-0.25, -0.2) is 9.97 Å². The molecule has 5 nitrogen and oxygen atoms in total. The smallest absolute Gasteiger partial charge is 0.365 e. The van der Waals surface area contributed by atoms with Crippen LogP contribution in [0.3, 0.4) is 0 Å². The number of hydrogen-bond acceptors (Lipinski definition) is 4. The largest absolute Gasteiger partial charge is 0.416 e. The number of halogens is 3. The summed E-state index contributed by atoms with van der Waals surface area (Å²) < 4.78 is 40.8. The molecule has 0 spiro atoms. The van der Waals surface area contributed by atoms with E-state index in [2.05, 4.69) is 22.2 Å². The second kappa shape index (κ2) is 7.98. The maximum absolute atomic E-state index is 13.0. The quantitative estimate of drug-likeness (QED) is 0.601. The van der Waals surface area contributed by atoms with Crippen molar-refractivity contribution in [2.24, 2.45) is 0 Å². The Bertz CT molecular complexity index is 1160. The van der Waals surface area contributed by atoms with Gasteiger partial charge in [-0.1, -0.05) is 31.4 Å². The molecule has 2 heterocycles. The van der Waals surface area contributed by atoms with Crippen LogP contribution in [0.1, 0.15) is 56.0 Å². The number of hydrogen-bond donors (Lipinski definition) is 1. The Morgan fingerprint density at radius 1 is 1.13 bits per heavy atom. The van der Waals surface area contributed by atoms with Gasteiger partial charge in [0.2, 0.25) is 0 Å². The zero-order valence-corrected chi connectivity index (χ0v) is 17.6. The van der Waals surface area contributed by atoms with Crippen LogP contribution >= 0.6 is 0 Å². The van der Waals surface area contributed by atoms with Crippen LogP contribution < -0.4 is 10.9 Å². The van der Waals surface area contributed by atoms with Gasteiger partial charge in [0.1, 0.15) is 11.6 Å². The van der Waals surface area contributed by atoms with Crippen molar-refractivity contribution in [3.63, 3.8) is 0 Å². The molecule has 164 valence electrons. The molecule has 0 amide bonds. The fraction of sp³-hybridized carbons (Fsp3) is 0.435. The van der Waals surface area contributed by atoms with Gasteiger partial charge in [-0.05, 0) is 44.4 Å². The fourth-order valence-corrected chi connectivity index (χ4v) is 4.37. The topological polar surface area (TPSA) is 59.8 Å². The lowest BCUT2D eigenvalue weighted by molar-refractivity contribution is -0.137. The molecule has 0 bridgehead atoms. The molecule has 1 N–H and O–H groups in total. The lowest BCUT2D eigenvalue weighted by Gasteiger charge is -2.35. The number of fused-ring (bicyclic) bond motifs is 1. The van der Waals surface area contributed by atoms with E-state index < -0.39 is 11.7 Å². The molecule has 0 radical (unpaired) electrons. The first-order chi connectivity index (χ1) is 14.7. The van der Waals surface area contributed by atoms with E-state index >= 15 is 0 Å². The summed E-state index contributed by atoms with van der Waals surface area (Å²) in [6, 6.07) is 6.74. The van der Waals surface area contributed by atoms with E-state index in [-0.39, 0.29) is 17.6 Å². The number of aromatic nitrogens is 3. The summed E-state index contributed by atoms with van der Waals surface area (Å²) in [5.74, 6) is 0.994. The lowest BCUT2D eigenvalue weighted by atomic mass is 9.83. The van der Waals surface area contributed by atoms with Gasteiger partial charge in [0, 0.05) is 24.3 Å². The molecule has 2 aromatic heterocycles. The predicted octanol–water partition coefficient (Wildman–Crippen LogP) is 5.41. The Morgan fingerprint density at radius 3 is 2.58 bits per heavy atom. The van der Waals surface area contributed by atoms with Crippen LogP contribution in [0.15, 0.2) is 41.3 Å². The first-order valence-electron chi connectivity index (χ1n) is 10.5. The van der Waals surface area contributed by atoms with E-state index in [4.69, 9.17) is 0 Å². The molecule has 0 atom stereocenters. The summed E-state index contributed by atoms with van der Waals surface area (Å²) in [4.78, 5) is 21.7. The first kappa shape index (κ1) is 21.3. The Hall–Kier alpha value is -2.90. The average molecular weight is 430 g/mol. The number of nitrogens with one attached hydrogen (secondary N) is 1. The number of pyridine rings is 1. The number of nitrogens with zero attached hydrogens (tertiary/aromatic N) is 3. The number of anilines is 1. The maximum atomic E-state index is 13.0. The van der Waals surface area contributed by atoms with Crippen molar-refractivity contribution in [2.45, 2.75) is 64.2 Å². The van der Waals surface area contributed by atoms with Crippen molar-refractivity contribution >= 4 is 16.7 Å². The molecular formula is C23H25F3N4O. The van der Waals surface area contributed by atoms with Crippen molar-refractivity contribution in [1.82, 2.24) is 14.5 Å². The second-order valence-corrected chi connectivity index (χ2v) is 8.51. The van der Waals surface area contributed by atoms with E-state index in [0.29, 0.717) is 28.1 Å². The van der Waals surface area contributed by atoms with Gasteiger partial charge in [-0.3, -0.25) is 4.79 Å². The van der Waals surface area contributed by atoms with E-state index in [1.54, 1.807) is 23.8 Å². The SMILES string of the molecule is Cc1nc(NCc2cccc(C(F)(F)F)c2)c2cn(C3(C)CCCCC3)c(=O)cc2n1. The third kappa shape index (κ3) is 4.43. The summed E-state index contributed by atoms with van der Waals surface area (Å²) in [6.45, 7) is 4.00. The van der Waals surface area contributed by atoms with Crippen molar-refractivity contribution < 1.29 is 13.2 Å². The number of aryl methyl sites for hydroxylation is 1. The zero-order valence-electron chi connectivity index (χ0n) is 17.6. The summed E-state index contributed by atoms with van der Waals surface area (Å²) in [5, 5.41) is 3.84. The summed E-state index contributed by atoms with van der Waals surface area (Å²) in [7, 11) is 0. The van der Waals surface area contributed by atoms with Crippen molar-refractivity contribution in [2.75, 3.05) is 5.32 Å². The highest BCUT2D eigenvalue weighted by molar-refractivity contribution is 5.88. The lowest BCUT2D eigenvalue weighted by Crippen LogP contribution is -2.39. The van der Waals surface area contributed by atoms with Gasteiger partial charge in [0.25, 0.3) is 5.56 Å². The summed E-state index contributed by atoms with van der Waals surface area (Å²) in [6.07, 6.45) is 2.59. The Balaban J connectivity index is 1.71. The van der Waals surface area contributed by atoms with Gasteiger partial charge in [0.05, 0.1) is 16.5 Å². The minimum Gasteiger partial charge on any atom is -0.365 e. The van der Waals surface area contributed by atoms with Gasteiger partial charge < -0.3 is 9.88 Å². The van der Waals surface area contributed by atoms with E-state index in [9.17, 15) is 18.0 Å². The number of benzene rings is 1. The first-order valence-corrected chi connectivity index (χ1v) is 10.5. The minimum atomic E-state index is -4.39. The molecular weight excluding hydrogens is 405 g/mol. The van der Waals surface area contributed by atoms with E-state index in [0.717, 1.165) is 37.8 Å². The number of alkyl halides is 3. The van der Waals surface area contributed by atoms with Crippen LogP contribution in [0.4, 0.5) is 19.0 Å². The molecule has 4 rings (SSSR count). The average Bonchev–Trinajstić information content (AvgIpc) is 2.71. The van der Waals surface area contributed by atoms with Gasteiger partial charge >= 0.3 is 6.18 Å². The monoisotopic (exact) mass is 430 g/mol. The van der Waals surface area contributed by atoms with Crippen LogP contribution in [0.25, 0.3) is 10.9 Å². The van der Waals surface area contributed by atoms with Gasteiger partial charge in [-0.2, -0.15) is 13.2 Å². The molecule has 3 aromatic rings. The molecule has 1 aliphatic carbocycles. The molecule has 1 aromatic carbocycles. The molecule has 1 saturated carbocycles. The molecule has 31 heavy (non-hydrogen) atoms. The van der Waals surface area contributed by atoms with Gasteiger partial charge in [-0.15, -0.1) is 0 Å². The maximum Gasteiger partial charge on any atom is 0.416 e. The van der Waals surface area contributed by atoms with E-state index in [1.807, 2.05) is 0 Å². The normalized spacial score (nSPS) is 16.4. The third-order valence-corrected chi connectivity index (χ3v) is 6.07. The summed E-state index contributed by atoms with van der Waals surface area (Å²) >= 11 is 0. The highest BCUT2D eigenvalue weighted by Crippen LogP contribution is 2.34. The Kier molecular flexibility index (Phi) is 5.49. The standard InChI is InChI=1S/C23H25F3N4O/c1-15-28-19-12-20(31)30(22(2)9-4-3-5-10-22)14-18(19)21(29-15)27-13-16-7-6-8-17(11-16)23(24,25)26/h6-8,11-12,14H,3-5,9-10,13H2,1-2H3,(H,27,28,29). The van der Waals surface area contributed by atoms with E-state index in [1.165, 1.54) is 18.6 Å². The Labute approximate surface area is 178 Å². The molecule has 0 saturated heterocycles. The zero-order chi connectivity index (χ0) is 22.2. The third-order valence-electron chi connectivity index (χ3n) is 6.07. The van der Waals surface area contributed by atoms with Crippen LogP contribution in [-0.2, 0) is 18.3 Å².